The molecule has 11 nitrogen and oxygen atoms in total. The van der Waals surface area contributed by atoms with Gasteiger partial charge in [0.15, 0.2) is 11.5 Å². The van der Waals surface area contributed by atoms with Crippen molar-refractivity contribution in [3.8, 4) is 11.5 Å². The number of fused-ring (bicyclic) bond motifs is 1. The van der Waals surface area contributed by atoms with Crippen LogP contribution in [0, 0.1) is 5.92 Å². The van der Waals surface area contributed by atoms with Crippen LogP contribution in [0.2, 0.25) is 0 Å². The Hall–Kier alpha value is -3.99. The van der Waals surface area contributed by atoms with Gasteiger partial charge in [-0.15, -0.1) is 0 Å². The summed E-state index contributed by atoms with van der Waals surface area (Å²) in [5.41, 5.74) is 2.48. The summed E-state index contributed by atoms with van der Waals surface area (Å²) in [7, 11) is 1.92. The molecule has 6 rings (SSSR count). The molecule has 2 fully saturated rings. The molecule has 0 spiro atoms. The standard InChI is InChI=1S/C27H32N8O3/c1-27(2,3)21-13-23(33-35(21)17-8-10-37-15-17)31-26-32-24-20(34(26)4)11-19(14-29-24)38-18-7-9-28-22(12-18)30-25(36)16-5-6-16/h7,9,11-14,16-17H,5-6,8,10,15H2,1-4H3,(H,28,30,36)(H,29,31,32,33). The highest BCUT2D eigenvalue weighted by atomic mass is 16.5. The lowest BCUT2D eigenvalue weighted by Gasteiger charge is -2.22. The fourth-order valence-electron chi connectivity index (χ4n) is 4.59. The number of hydrogen-bond donors (Lipinski definition) is 2. The minimum atomic E-state index is -0.0663. The summed E-state index contributed by atoms with van der Waals surface area (Å²) in [6, 6.07) is 7.66. The first-order chi connectivity index (χ1) is 18.2. The van der Waals surface area contributed by atoms with Crippen LogP contribution >= 0.6 is 0 Å². The van der Waals surface area contributed by atoms with Gasteiger partial charge in [0.05, 0.1) is 24.4 Å². The van der Waals surface area contributed by atoms with E-state index >= 15 is 0 Å². The van der Waals surface area contributed by atoms with Gasteiger partial charge >= 0.3 is 0 Å². The van der Waals surface area contributed by atoms with Gasteiger partial charge in [-0.25, -0.2) is 9.97 Å². The summed E-state index contributed by atoms with van der Waals surface area (Å²) in [6.45, 7) is 8.00. The molecule has 1 aliphatic carbocycles. The van der Waals surface area contributed by atoms with Gasteiger partial charge < -0.3 is 24.7 Å². The van der Waals surface area contributed by atoms with Gasteiger partial charge in [0.25, 0.3) is 0 Å². The maximum Gasteiger partial charge on any atom is 0.228 e. The number of aryl methyl sites for hydroxylation is 1. The van der Waals surface area contributed by atoms with Crippen molar-refractivity contribution in [3.63, 3.8) is 0 Å². The number of imidazole rings is 1. The number of carbonyl (C=O) groups excluding carboxylic acids is 1. The third-order valence-electron chi connectivity index (χ3n) is 6.88. The van der Waals surface area contributed by atoms with E-state index in [0.29, 0.717) is 35.5 Å². The number of pyridine rings is 2. The molecule has 0 radical (unpaired) electrons. The van der Waals surface area contributed by atoms with Crippen molar-refractivity contribution in [3.05, 3.63) is 42.4 Å². The fourth-order valence-corrected chi connectivity index (χ4v) is 4.59. The van der Waals surface area contributed by atoms with E-state index in [1.807, 2.05) is 17.7 Å². The smallest absolute Gasteiger partial charge is 0.228 e. The second-order valence-electron chi connectivity index (χ2n) is 11.0. The molecule has 11 heteroatoms. The van der Waals surface area contributed by atoms with Crippen LogP contribution in [0.25, 0.3) is 11.2 Å². The van der Waals surface area contributed by atoms with Gasteiger partial charge in [0.1, 0.15) is 17.3 Å². The van der Waals surface area contributed by atoms with E-state index in [1.165, 1.54) is 0 Å². The van der Waals surface area contributed by atoms with Gasteiger partial charge in [0, 0.05) is 55.1 Å². The Morgan fingerprint density at radius 1 is 1.11 bits per heavy atom. The molecule has 2 N–H and O–H groups in total. The molecular formula is C27H32N8O3. The molecule has 1 aliphatic heterocycles. The Balaban J connectivity index is 1.22. The SMILES string of the molecule is Cn1c(Nc2cc(C(C)(C)C)n(C3CCOC3)n2)nc2ncc(Oc3ccnc(NC(=O)C4CC4)c3)cc21. The Morgan fingerprint density at radius 3 is 2.68 bits per heavy atom. The molecule has 0 bridgehead atoms. The van der Waals surface area contributed by atoms with E-state index in [2.05, 4.69) is 57.1 Å². The maximum atomic E-state index is 12.1. The number of amides is 1. The lowest BCUT2D eigenvalue weighted by molar-refractivity contribution is -0.117. The largest absolute Gasteiger partial charge is 0.455 e. The summed E-state index contributed by atoms with van der Waals surface area (Å²) in [6.07, 6.45) is 6.07. The van der Waals surface area contributed by atoms with Crippen molar-refractivity contribution in [2.24, 2.45) is 13.0 Å². The van der Waals surface area contributed by atoms with E-state index in [9.17, 15) is 4.79 Å². The van der Waals surface area contributed by atoms with Crippen molar-refractivity contribution in [1.29, 1.82) is 0 Å². The van der Waals surface area contributed by atoms with Gasteiger partial charge in [-0.3, -0.25) is 9.48 Å². The molecule has 1 saturated heterocycles. The van der Waals surface area contributed by atoms with Crippen LogP contribution < -0.4 is 15.4 Å². The summed E-state index contributed by atoms with van der Waals surface area (Å²) >= 11 is 0. The van der Waals surface area contributed by atoms with Crippen LogP contribution in [0.5, 0.6) is 11.5 Å². The van der Waals surface area contributed by atoms with Crippen LogP contribution in [0.15, 0.2) is 36.7 Å². The first-order valence-corrected chi connectivity index (χ1v) is 13.0. The molecule has 1 atom stereocenters. The number of carbonyl (C=O) groups is 1. The highest BCUT2D eigenvalue weighted by Gasteiger charge is 2.30. The average Bonchev–Trinajstić information content (AvgIpc) is 3.27. The highest BCUT2D eigenvalue weighted by Crippen LogP contribution is 2.33. The maximum absolute atomic E-state index is 12.1. The number of ether oxygens (including phenoxy) is 2. The van der Waals surface area contributed by atoms with Crippen LogP contribution in [0.3, 0.4) is 0 Å². The number of rotatable bonds is 7. The molecular weight excluding hydrogens is 484 g/mol. The molecule has 1 unspecified atom stereocenters. The number of hydrogen-bond acceptors (Lipinski definition) is 8. The molecule has 38 heavy (non-hydrogen) atoms. The lowest BCUT2D eigenvalue weighted by Crippen LogP contribution is -2.22. The van der Waals surface area contributed by atoms with E-state index in [4.69, 9.17) is 14.6 Å². The molecule has 4 aromatic heterocycles. The number of nitrogens with one attached hydrogen (secondary N) is 2. The van der Waals surface area contributed by atoms with Crippen molar-refractivity contribution >= 4 is 34.7 Å². The summed E-state index contributed by atoms with van der Waals surface area (Å²) in [4.78, 5) is 25.5. The Labute approximate surface area is 220 Å². The predicted molar refractivity (Wildman–Crippen MR) is 143 cm³/mol. The molecule has 0 aromatic carbocycles. The van der Waals surface area contributed by atoms with Gasteiger partial charge in [-0.05, 0) is 25.3 Å². The van der Waals surface area contributed by atoms with Gasteiger partial charge in [-0.1, -0.05) is 20.8 Å². The second-order valence-corrected chi connectivity index (χ2v) is 11.0. The molecule has 198 valence electrons. The zero-order valence-electron chi connectivity index (χ0n) is 22.1. The Morgan fingerprint density at radius 2 is 1.95 bits per heavy atom. The van der Waals surface area contributed by atoms with E-state index in [0.717, 1.165) is 42.9 Å². The average molecular weight is 517 g/mol. The zero-order chi connectivity index (χ0) is 26.4. The zero-order valence-corrected chi connectivity index (χ0v) is 22.1. The van der Waals surface area contributed by atoms with Gasteiger partial charge in [-0.2, -0.15) is 10.1 Å². The number of aromatic nitrogens is 6. The molecule has 1 saturated carbocycles. The first-order valence-electron chi connectivity index (χ1n) is 13.0. The molecule has 4 aromatic rings. The minimum absolute atomic E-state index is 0.00341. The molecule has 2 aliphatic rings. The molecule has 1 amide bonds. The normalized spacial score (nSPS) is 17.6. The topological polar surface area (TPSA) is 121 Å². The summed E-state index contributed by atoms with van der Waals surface area (Å²) in [5.74, 6) is 3.05. The quantitative estimate of drug-likeness (QED) is 0.363. The number of nitrogens with zero attached hydrogens (tertiary/aromatic N) is 6. The summed E-state index contributed by atoms with van der Waals surface area (Å²) in [5, 5.41) is 11.1. The monoisotopic (exact) mass is 516 g/mol. The van der Waals surface area contributed by atoms with Crippen molar-refractivity contribution < 1.29 is 14.3 Å². The Bertz CT molecular complexity index is 1490. The van der Waals surface area contributed by atoms with Crippen molar-refractivity contribution in [1.82, 2.24) is 29.3 Å². The first kappa shape index (κ1) is 24.4. The van der Waals surface area contributed by atoms with E-state index in [1.54, 1.807) is 24.5 Å². The lowest BCUT2D eigenvalue weighted by atomic mass is 9.91. The Kier molecular flexibility index (Phi) is 6.02. The molecule has 5 heterocycles. The van der Waals surface area contributed by atoms with Crippen LogP contribution in [-0.2, 0) is 22.0 Å². The highest BCUT2D eigenvalue weighted by molar-refractivity contribution is 5.93. The van der Waals surface area contributed by atoms with E-state index < -0.39 is 0 Å². The van der Waals surface area contributed by atoms with Crippen LogP contribution in [-0.4, -0.2) is 48.4 Å². The number of anilines is 3. The fraction of sp³-hybridized carbons (Fsp3) is 0.444. The van der Waals surface area contributed by atoms with Crippen molar-refractivity contribution in [2.45, 2.75) is 51.5 Å². The van der Waals surface area contributed by atoms with E-state index in [-0.39, 0.29) is 23.3 Å². The predicted octanol–water partition coefficient (Wildman–Crippen LogP) is 4.70. The van der Waals surface area contributed by atoms with Crippen LogP contribution in [0.4, 0.5) is 17.6 Å². The van der Waals surface area contributed by atoms with Crippen molar-refractivity contribution in [2.75, 3.05) is 23.8 Å². The third-order valence-corrected chi connectivity index (χ3v) is 6.88. The minimum Gasteiger partial charge on any atom is -0.455 e. The third kappa shape index (κ3) is 4.93. The second kappa shape index (κ2) is 9.39. The van der Waals surface area contributed by atoms with Crippen LogP contribution in [0.1, 0.15) is 51.8 Å². The summed E-state index contributed by atoms with van der Waals surface area (Å²) < 4.78 is 15.7. The van der Waals surface area contributed by atoms with Gasteiger partial charge in [0.2, 0.25) is 11.9 Å².